The highest BCUT2D eigenvalue weighted by Gasteiger charge is 2.49. The Morgan fingerprint density at radius 3 is 2.69 bits per heavy atom. The van der Waals surface area contributed by atoms with Gasteiger partial charge in [-0.25, -0.2) is 0 Å². The maximum Gasteiger partial charge on any atom is 0.252 e. The smallest absolute Gasteiger partial charge is 0.252 e. The summed E-state index contributed by atoms with van der Waals surface area (Å²) in [5, 5.41) is 18.7. The summed E-state index contributed by atoms with van der Waals surface area (Å²) in [6, 6.07) is 6.67. The van der Waals surface area contributed by atoms with Gasteiger partial charge in [0.1, 0.15) is 12.6 Å². The lowest BCUT2D eigenvalue weighted by molar-refractivity contribution is -0.746. The van der Waals surface area contributed by atoms with Gasteiger partial charge < -0.3 is 19.8 Å². The van der Waals surface area contributed by atoms with Crippen LogP contribution in [0.3, 0.4) is 0 Å². The predicted molar refractivity (Wildman–Crippen MR) is 111 cm³/mol. The number of carbonyl (C=O) groups is 2. The first-order valence-corrected chi connectivity index (χ1v) is 10.5. The summed E-state index contributed by atoms with van der Waals surface area (Å²) in [4.78, 5) is 28.9. The quantitative estimate of drug-likeness (QED) is 0.335. The third-order valence-electron chi connectivity index (χ3n) is 4.96. The Balaban J connectivity index is 1.54. The van der Waals surface area contributed by atoms with Crippen molar-refractivity contribution in [3.63, 3.8) is 0 Å². The lowest BCUT2D eigenvalue weighted by atomic mass is 10.1. The normalized spacial score (nSPS) is 19.2. The maximum atomic E-state index is 13.0. The highest BCUT2D eigenvalue weighted by Crippen LogP contribution is 2.34. The molecule has 2 fully saturated rings. The first kappa shape index (κ1) is 20.0. The molecule has 2 heterocycles. The summed E-state index contributed by atoms with van der Waals surface area (Å²) >= 11 is 7.71. The van der Waals surface area contributed by atoms with Crippen LogP contribution >= 0.6 is 34.8 Å². The van der Waals surface area contributed by atoms with E-state index in [1.54, 1.807) is 29.0 Å². The molecule has 0 spiro atoms. The summed E-state index contributed by atoms with van der Waals surface area (Å²) < 4.78 is 7.04. The van der Waals surface area contributed by atoms with Gasteiger partial charge in [-0.1, -0.05) is 4.68 Å². The SMILES string of the molecule is C[n+]1noc([O-])c1CN1C(=S)N(C2CC2)C(=O)C1CC(=O)Nc1ccc(I)cc1. The fourth-order valence-electron chi connectivity index (χ4n) is 3.29. The van der Waals surface area contributed by atoms with Crippen LogP contribution in [0.4, 0.5) is 5.69 Å². The number of carbonyl (C=O) groups excluding carboxylic acids is 2. The number of thiocarbonyl (C=S) groups is 1. The molecular formula is C18H18IN5O4S. The Hall–Kier alpha value is -2.28. The van der Waals surface area contributed by atoms with E-state index >= 15 is 0 Å². The molecule has 2 aromatic rings. The van der Waals surface area contributed by atoms with Crippen LogP contribution < -0.4 is 15.1 Å². The zero-order chi connectivity index (χ0) is 20.7. The number of nitrogens with one attached hydrogen (secondary N) is 1. The monoisotopic (exact) mass is 527 g/mol. The van der Waals surface area contributed by atoms with Gasteiger partial charge in [0, 0.05) is 15.3 Å². The van der Waals surface area contributed by atoms with Gasteiger partial charge in [-0.15, -0.1) is 0 Å². The summed E-state index contributed by atoms with van der Waals surface area (Å²) in [6.45, 7) is 0.0497. The molecule has 29 heavy (non-hydrogen) atoms. The van der Waals surface area contributed by atoms with E-state index in [1.165, 1.54) is 4.68 Å². The van der Waals surface area contributed by atoms with E-state index in [4.69, 9.17) is 12.2 Å². The number of benzene rings is 1. The van der Waals surface area contributed by atoms with Crippen LogP contribution in [0.2, 0.25) is 0 Å². The summed E-state index contributed by atoms with van der Waals surface area (Å²) in [6.07, 6.45) is 1.70. The molecular weight excluding hydrogens is 509 g/mol. The molecule has 1 saturated carbocycles. The lowest BCUT2D eigenvalue weighted by Crippen LogP contribution is -2.42. The number of hydrogen-bond acceptors (Lipinski definition) is 6. The summed E-state index contributed by atoms with van der Waals surface area (Å²) in [7, 11) is 1.58. The molecule has 1 saturated heterocycles. The van der Waals surface area contributed by atoms with Crippen molar-refractivity contribution in [2.24, 2.45) is 7.05 Å². The summed E-state index contributed by atoms with van der Waals surface area (Å²) in [5.74, 6) is -1.09. The second-order valence-corrected chi connectivity index (χ2v) is 8.67. The van der Waals surface area contributed by atoms with Crippen molar-refractivity contribution in [2.75, 3.05) is 5.32 Å². The minimum absolute atomic E-state index is 0.0497. The minimum Gasteiger partial charge on any atom is -0.539 e. The van der Waals surface area contributed by atoms with Gasteiger partial charge in [-0.3, -0.25) is 14.5 Å². The Labute approximate surface area is 185 Å². The molecule has 2 aliphatic rings. The number of amides is 2. The van der Waals surface area contributed by atoms with Gasteiger partial charge in [0.25, 0.3) is 11.6 Å². The predicted octanol–water partition coefficient (Wildman–Crippen LogP) is 0.666. The molecule has 152 valence electrons. The van der Waals surface area contributed by atoms with Crippen molar-refractivity contribution >= 4 is 57.4 Å². The molecule has 1 N–H and O–H groups in total. The van der Waals surface area contributed by atoms with Crippen LogP contribution in [0.1, 0.15) is 25.0 Å². The van der Waals surface area contributed by atoms with E-state index in [-0.39, 0.29) is 36.5 Å². The van der Waals surface area contributed by atoms with Crippen LogP contribution in [-0.4, -0.2) is 44.1 Å². The zero-order valence-corrected chi connectivity index (χ0v) is 18.5. The van der Waals surface area contributed by atoms with Crippen LogP contribution in [0.25, 0.3) is 0 Å². The van der Waals surface area contributed by atoms with E-state index < -0.39 is 12.0 Å². The average molecular weight is 527 g/mol. The van der Waals surface area contributed by atoms with E-state index in [2.05, 4.69) is 37.7 Å². The van der Waals surface area contributed by atoms with E-state index in [0.29, 0.717) is 10.8 Å². The molecule has 1 aliphatic heterocycles. The second-order valence-electron chi connectivity index (χ2n) is 7.06. The molecule has 1 unspecified atom stereocenters. The molecule has 4 rings (SSSR count). The van der Waals surface area contributed by atoms with Gasteiger partial charge in [0.05, 0.1) is 11.7 Å². The van der Waals surface area contributed by atoms with Crippen LogP contribution in [-0.2, 0) is 23.2 Å². The number of halogens is 1. The third-order valence-corrected chi connectivity index (χ3v) is 6.11. The van der Waals surface area contributed by atoms with E-state index in [9.17, 15) is 14.7 Å². The van der Waals surface area contributed by atoms with Crippen molar-refractivity contribution in [3.8, 4) is 5.95 Å². The summed E-state index contributed by atoms with van der Waals surface area (Å²) in [5.41, 5.74) is 0.919. The molecule has 0 radical (unpaired) electrons. The Bertz CT molecular complexity index is 956. The number of rotatable bonds is 6. The highest BCUT2D eigenvalue weighted by atomic mass is 127. The van der Waals surface area contributed by atoms with Crippen molar-refractivity contribution in [1.82, 2.24) is 15.1 Å². The van der Waals surface area contributed by atoms with E-state index in [0.717, 1.165) is 16.4 Å². The fourth-order valence-corrected chi connectivity index (χ4v) is 4.08. The fraction of sp³-hybridized carbons (Fsp3) is 0.389. The largest absolute Gasteiger partial charge is 0.539 e. The molecule has 1 aromatic carbocycles. The Morgan fingerprint density at radius 1 is 1.41 bits per heavy atom. The minimum atomic E-state index is -0.777. The van der Waals surface area contributed by atoms with Crippen LogP contribution in [0.15, 0.2) is 28.8 Å². The average Bonchev–Trinajstić information content (AvgIpc) is 3.42. The van der Waals surface area contributed by atoms with Gasteiger partial charge in [-0.05, 0) is 71.9 Å². The topological polar surface area (TPSA) is 106 Å². The number of nitrogens with zero attached hydrogens (tertiary/aromatic N) is 4. The number of aryl methyl sites for hydroxylation is 1. The lowest BCUT2D eigenvalue weighted by Gasteiger charge is -2.22. The number of anilines is 1. The maximum absolute atomic E-state index is 13.0. The highest BCUT2D eigenvalue weighted by molar-refractivity contribution is 14.1. The van der Waals surface area contributed by atoms with Gasteiger partial charge >= 0.3 is 0 Å². The Kier molecular flexibility index (Phi) is 5.42. The molecule has 2 amide bonds. The van der Waals surface area contributed by atoms with Crippen LogP contribution in [0, 0.1) is 3.57 Å². The third kappa shape index (κ3) is 4.06. The molecule has 9 nitrogen and oxygen atoms in total. The van der Waals surface area contributed by atoms with Crippen molar-refractivity contribution in [2.45, 2.75) is 37.9 Å². The Morgan fingerprint density at radius 2 is 2.10 bits per heavy atom. The number of hydrogen-bond donors (Lipinski definition) is 1. The molecule has 1 aromatic heterocycles. The molecule has 1 aliphatic carbocycles. The first-order valence-electron chi connectivity index (χ1n) is 9.06. The van der Waals surface area contributed by atoms with E-state index in [1.807, 2.05) is 12.1 Å². The standard InChI is InChI=1S/C18H18IN5O4S/c1-22-14(17(27)28-21-22)9-23-13(16(26)24(18(23)29)12-6-7-12)8-15(25)20-11-4-2-10(19)3-5-11/h2-5,12-13H,6-9H2,1H3,(H-,20,21,25,27). The van der Waals surface area contributed by atoms with Crippen molar-refractivity contribution in [1.29, 1.82) is 0 Å². The van der Waals surface area contributed by atoms with Gasteiger partial charge in [0.15, 0.2) is 18.1 Å². The van der Waals surface area contributed by atoms with Gasteiger partial charge in [0.2, 0.25) is 5.91 Å². The van der Waals surface area contributed by atoms with Crippen molar-refractivity contribution in [3.05, 3.63) is 33.5 Å². The molecule has 1 atom stereocenters. The van der Waals surface area contributed by atoms with Crippen molar-refractivity contribution < 1.29 is 23.9 Å². The molecule has 0 bridgehead atoms. The molecule has 11 heteroatoms. The second kappa shape index (κ2) is 7.86. The zero-order valence-electron chi connectivity index (χ0n) is 15.5. The number of aromatic nitrogens is 2. The first-order chi connectivity index (χ1) is 13.8. The van der Waals surface area contributed by atoms with Crippen LogP contribution in [0.5, 0.6) is 5.95 Å². The van der Waals surface area contributed by atoms with Gasteiger partial charge in [-0.2, -0.15) is 0 Å².